The van der Waals surface area contributed by atoms with E-state index in [0.29, 0.717) is 24.0 Å². The van der Waals surface area contributed by atoms with Crippen molar-refractivity contribution in [3.05, 3.63) is 53.7 Å². The molecule has 2 atom stereocenters. The predicted octanol–water partition coefficient (Wildman–Crippen LogP) is 2.86. The van der Waals surface area contributed by atoms with Gasteiger partial charge in [-0.15, -0.1) is 0 Å². The molecule has 3 fully saturated rings. The molecule has 3 aliphatic carbocycles. The van der Waals surface area contributed by atoms with E-state index in [1.165, 1.54) is 11.8 Å². The number of benzene rings is 1. The number of carbonyl (C=O) groups excluding carboxylic acids is 2. The Hall–Kier alpha value is -2.63. The Morgan fingerprint density at radius 2 is 1.93 bits per heavy atom. The Kier molecular flexibility index (Phi) is 3.99. The molecule has 27 heavy (non-hydrogen) atoms. The van der Waals surface area contributed by atoms with Crippen molar-refractivity contribution < 1.29 is 14.0 Å². The molecule has 1 aromatic carbocycles. The molecule has 2 unspecified atom stereocenters. The highest BCUT2D eigenvalue weighted by Gasteiger charge is 2.48. The molecule has 6 nitrogen and oxygen atoms in total. The van der Waals surface area contributed by atoms with Gasteiger partial charge in [-0.1, -0.05) is 30.3 Å². The van der Waals surface area contributed by atoms with Gasteiger partial charge in [0.25, 0.3) is 5.91 Å². The minimum absolute atomic E-state index is 0.0561. The molecule has 3 saturated carbocycles. The smallest absolute Gasteiger partial charge is 0.273 e. The van der Waals surface area contributed by atoms with Crippen LogP contribution < -0.4 is 5.32 Å². The summed E-state index contributed by atoms with van der Waals surface area (Å²) in [7, 11) is 0. The van der Waals surface area contributed by atoms with Crippen LogP contribution >= 0.6 is 0 Å². The van der Waals surface area contributed by atoms with E-state index in [2.05, 4.69) is 22.4 Å². The van der Waals surface area contributed by atoms with Crippen LogP contribution in [0.4, 0.5) is 0 Å². The quantitative estimate of drug-likeness (QED) is 0.819. The third-order valence-electron chi connectivity index (χ3n) is 5.61. The second kappa shape index (κ2) is 6.51. The van der Waals surface area contributed by atoms with Crippen molar-refractivity contribution in [2.24, 2.45) is 5.92 Å². The van der Waals surface area contributed by atoms with E-state index < -0.39 is 0 Å². The lowest BCUT2D eigenvalue weighted by Gasteiger charge is -2.21. The zero-order chi connectivity index (χ0) is 18.4. The van der Waals surface area contributed by atoms with E-state index in [1.54, 1.807) is 0 Å². The van der Waals surface area contributed by atoms with E-state index >= 15 is 0 Å². The summed E-state index contributed by atoms with van der Waals surface area (Å²) in [4.78, 5) is 31.3. The van der Waals surface area contributed by atoms with Crippen LogP contribution in [0.5, 0.6) is 0 Å². The topological polar surface area (TPSA) is 75.4 Å². The Bertz CT molecular complexity index is 855. The molecule has 0 aliphatic heterocycles. The minimum atomic E-state index is -0.192. The number of amides is 2. The molecule has 6 heteroatoms. The molecule has 0 bridgehead atoms. The van der Waals surface area contributed by atoms with Crippen molar-refractivity contribution in [3.8, 4) is 0 Å². The summed E-state index contributed by atoms with van der Waals surface area (Å²) >= 11 is 0. The number of nitrogens with one attached hydrogen (secondary N) is 1. The first kappa shape index (κ1) is 16.5. The second-order valence-electron chi connectivity index (χ2n) is 7.93. The number of hydrogen-bond donors (Lipinski definition) is 1. The van der Waals surface area contributed by atoms with Crippen molar-refractivity contribution >= 4 is 11.8 Å². The Labute approximate surface area is 157 Å². The molecule has 3 aliphatic rings. The first-order valence-electron chi connectivity index (χ1n) is 9.80. The average molecular weight is 365 g/mol. The van der Waals surface area contributed by atoms with Crippen molar-refractivity contribution in [3.63, 3.8) is 0 Å². The van der Waals surface area contributed by atoms with Gasteiger partial charge in [-0.3, -0.25) is 9.59 Å². The molecule has 1 N–H and O–H groups in total. The van der Waals surface area contributed by atoms with Gasteiger partial charge in [0.15, 0.2) is 5.69 Å². The van der Waals surface area contributed by atoms with Gasteiger partial charge in [-0.25, -0.2) is 4.98 Å². The fraction of sp³-hybridized carbons (Fsp3) is 0.476. The van der Waals surface area contributed by atoms with E-state index in [-0.39, 0.29) is 29.8 Å². The summed E-state index contributed by atoms with van der Waals surface area (Å²) in [5.74, 6) is 0.815. The van der Waals surface area contributed by atoms with Crippen molar-refractivity contribution in [1.82, 2.24) is 15.2 Å². The van der Waals surface area contributed by atoms with E-state index in [1.807, 2.05) is 23.1 Å². The number of rotatable bonds is 7. The highest BCUT2D eigenvalue weighted by molar-refractivity contribution is 5.92. The Balaban J connectivity index is 1.24. The molecule has 1 heterocycles. The van der Waals surface area contributed by atoms with Crippen LogP contribution in [-0.2, 0) is 11.3 Å². The zero-order valence-electron chi connectivity index (χ0n) is 15.1. The number of carbonyl (C=O) groups is 2. The molecular weight excluding hydrogens is 342 g/mol. The SMILES string of the molecule is O=C(NC1CC1)c1coc(CN(C(=O)C2CC2c2ccccc2)C2CC2)n1. The lowest BCUT2D eigenvalue weighted by molar-refractivity contribution is -0.134. The van der Waals surface area contributed by atoms with Crippen molar-refractivity contribution in [1.29, 1.82) is 0 Å². The number of hydrogen-bond acceptors (Lipinski definition) is 4. The first-order valence-corrected chi connectivity index (χ1v) is 9.80. The normalized spacial score (nSPS) is 23.7. The highest BCUT2D eigenvalue weighted by Crippen LogP contribution is 2.49. The van der Waals surface area contributed by atoms with Crippen molar-refractivity contribution in [2.45, 2.75) is 56.7 Å². The fourth-order valence-electron chi connectivity index (χ4n) is 3.64. The predicted molar refractivity (Wildman–Crippen MR) is 97.9 cm³/mol. The largest absolute Gasteiger partial charge is 0.446 e. The summed E-state index contributed by atoms with van der Waals surface area (Å²) < 4.78 is 5.49. The molecule has 1 aromatic heterocycles. The van der Waals surface area contributed by atoms with Crippen LogP contribution in [0.1, 0.15) is 60.0 Å². The average Bonchev–Trinajstić information content (AvgIpc) is 3.55. The standard InChI is InChI=1S/C21H23N3O3/c25-20(22-14-6-7-14)18-12-27-19(23-18)11-24(15-8-9-15)21(26)17-10-16(17)13-4-2-1-3-5-13/h1-5,12,14-17H,6-11H2,(H,22,25). The highest BCUT2D eigenvalue weighted by atomic mass is 16.3. The Morgan fingerprint density at radius 3 is 2.63 bits per heavy atom. The van der Waals surface area contributed by atoms with Gasteiger partial charge >= 0.3 is 0 Å². The molecule has 0 radical (unpaired) electrons. The van der Waals surface area contributed by atoms with E-state index in [0.717, 1.165) is 32.1 Å². The molecule has 0 spiro atoms. The molecule has 2 amide bonds. The number of nitrogens with zero attached hydrogens (tertiary/aromatic N) is 2. The lowest BCUT2D eigenvalue weighted by atomic mass is 10.1. The zero-order valence-corrected chi connectivity index (χ0v) is 15.1. The summed E-state index contributed by atoms with van der Waals surface area (Å²) in [6.45, 7) is 0.345. The van der Waals surface area contributed by atoms with E-state index in [4.69, 9.17) is 4.42 Å². The third-order valence-corrected chi connectivity index (χ3v) is 5.61. The van der Waals surface area contributed by atoms with Gasteiger partial charge in [0, 0.05) is 18.0 Å². The maximum Gasteiger partial charge on any atom is 0.273 e. The first-order chi connectivity index (χ1) is 13.2. The van der Waals surface area contributed by atoms with E-state index in [9.17, 15) is 9.59 Å². The van der Waals surface area contributed by atoms with Gasteiger partial charge in [0.05, 0.1) is 6.54 Å². The van der Waals surface area contributed by atoms with Crippen LogP contribution in [0.3, 0.4) is 0 Å². The molecule has 5 rings (SSSR count). The van der Waals surface area contributed by atoms with Gasteiger partial charge < -0.3 is 14.6 Å². The number of aromatic nitrogens is 1. The van der Waals surface area contributed by atoms with Crippen LogP contribution in [0.2, 0.25) is 0 Å². The van der Waals surface area contributed by atoms with Crippen LogP contribution in [-0.4, -0.2) is 33.8 Å². The molecule has 0 saturated heterocycles. The van der Waals surface area contributed by atoms with Crippen LogP contribution in [0.25, 0.3) is 0 Å². The maximum atomic E-state index is 13.0. The summed E-state index contributed by atoms with van der Waals surface area (Å²) in [5.41, 5.74) is 1.54. The van der Waals surface area contributed by atoms with Gasteiger partial charge in [0.1, 0.15) is 6.26 Å². The summed E-state index contributed by atoms with van der Waals surface area (Å²) in [6, 6.07) is 10.8. The summed E-state index contributed by atoms with van der Waals surface area (Å²) in [5, 5.41) is 2.90. The monoisotopic (exact) mass is 365 g/mol. The fourth-order valence-corrected chi connectivity index (χ4v) is 3.64. The minimum Gasteiger partial charge on any atom is -0.446 e. The number of oxazole rings is 1. The van der Waals surface area contributed by atoms with Gasteiger partial charge in [-0.05, 0) is 43.6 Å². The second-order valence-corrected chi connectivity index (χ2v) is 7.93. The lowest BCUT2D eigenvalue weighted by Crippen LogP contribution is -2.34. The van der Waals surface area contributed by atoms with Crippen LogP contribution in [0.15, 0.2) is 41.0 Å². The molecule has 2 aromatic rings. The van der Waals surface area contributed by atoms with Crippen molar-refractivity contribution in [2.75, 3.05) is 0 Å². The van der Waals surface area contributed by atoms with Crippen LogP contribution in [0, 0.1) is 5.92 Å². The molecule has 140 valence electrons. The van der Waals surface area contributed by atoms with Gasteiger partial charge in [-0.2, -0.15) is 0 Å². The Morgan fingerprint density at radius 1 is 1.15 bits per heavy atom. The maximum absolute atomic E-state index is 13.0. The summed E-state index contributed by atoms with van der Waals surface area (Å²) in [6.07, 6.45) is 6.43. The van der Waals surface area contributed by atoms with Gasteiger partial charge in [0.2, 0.25) is 11.8 Å². The third kappa shape index (κ3) is 3.61. The molecular formula is C21H23N3O3.